The summed E-state index contributed by atoms with van der Waals surface area (Å²) in [6.07, 6.45) is 0.689. The van der Waals surface area contributed by atoms with E-state index in [9.17, 15) is 0 Å². The van der Waals surface area contributed by atoms with Crippen molar-refractivity contribution in [2.45, 2.75) is 50.5 Å². The molecule has 4 nitrogen and oxygen atoms in total. The molecule has 0 aromatic heterocycles. The first kappa shape index (κ1) is 22.6. The summed E-state index contributed by atoms with van der Waals surface area (Å²) in [6.45, 7) is 4.45. The van der Waals surface area contributed by atoms with Crippen LogP contribution in [0.4, 0.5) is 0 Å². The molecule has 0 bridgehead atoms. The van der Waals surface area contributed by atoms with E-state index in [4.69, 9.17) is 18.9 Å². The first-order valence-corrected chi connectivity index (χ1v) is 6.05. The second kappa shape index (κ2) is 9.19. The predicted octanol–water partition coefficient (Wildman–Crippen LogP) is 0.837. The Bertz CT molecular complexity index is 266. The third-order valence-corrected chi connectivity index (χ3v) is 4.66. The third kappa shape index (κ3) is 3.67. The van der Waals surface area contributed by atoms with E-state index >= 15 is 0 Å². The largest absolute Gasteiger partial charge is 0.376 e. The van der Waals surface area contributed by atoms with E-state index in [1.165, 1.54) is 0 Å². The van der Waals surface area contributed by atoms with E-state index < -0.39 is 0 Å². The van der Waals surface area contributed by atoms with E-state index in [2.05, 4.69) is 13.8 Å². The van der Waals surface area contributed by atoms with Crippen LogP contribution in [0.15, 0.2) is 0 Å². The molecule has 8 unspecified atom stereocenters. The van der Waals surface area contributed by atoms with E-state index in [0.29, 0.717) is 11.8 Å². The van der Waals surface area contributed by atoms with Gasteiger partial charge in [-0.05, 0) is 11.8 Å². The number of methoxy groups -OCH3 is 2. The van der Waals surface area contributed by atoms with Gasteiger partial charge in [0.25, 0.3) is 0 Å². The predicted molar refractivity (Wildman–Crippen MR) is 57.2 cm³/mol. The van der Waals surface area contributed by atoms with Crippen LogP contribution in [-0.4, -0.2) is 50.8 Å². The summed E-state index contributed by atoms with van der Waals surface area (Å²) >= 11 is 0. The monoisotopic (exact) mass is 348 g/mol. The van der Waals surface area contributed by atoms with Gasteiger partial charge in [0.1, 0.15) is 24.4 Å². The zero-order chi connectivity index (χ0) is 11.4. The second-order valence-electron chi connectivity index (χ2n) is 5.25. The normalized spacial score (nSPS) is 49.9. The molecule has 0 amide bonds. The Balaban J connectivity index is 0.00000108. The number of hydrogen-bond acceptors (Lipinski definition) is 4. The van der Waals surface area contributed by atoms with E-state index in [0.717, 1.165) is 0 Å². The minimum Gasteiger partial charge on any atom is -0.376 e. The molecule has 0 spiro atoms. The molecule has 116 valence electrons. The SMILES string of the molecule is COC1C(OC)C2OC3C(C)C(C)C3OC12.[Ar].[Ar].[Ar]. The Hall–Kier alpha value is 3.62. The minimum absolute atomic E-state index is 0. The topological polar surface area (TPSA) is 36.9 Å². The third-order valence-electron chi connectivity index (χ3n) is 4.66. The van der Waals surface area contributed by atoms with Crippen molar-refractivity contribution < 1.29 is 132 Å². The standard InChI is InChI=1S/C12H20O4.3Ar/c1-5-6(2)8-7(5)15-11-9(13-3)10(14-4)12(11)16-8;;;/h5-12H,1-4H3;;;. The first-order valence-electron chi connectivity index (χ1n) is 6.05. The van der Waals surface area contributed by atoms with Crippen LogP contribution in [0.3, 0.4) is 0 Å². The van der Waals surface area contributed by atoms with E-state index in [-0.39, 0.29) is 150 Å². The maximum atomic E-state index is 6.07. The van der Waals surface area contributed by atoms with Crippen molar-refractivity contribution in [2.24, 2.45) is 11.8 Å². The molecule has 2 saturated carbocycles. The molecule has 1 heterocycles. The zero-order valence-corrected chi connectivity index (χ0v) is 13.4. The van der Waals surface area contributed by atoms with Crippen molar-refractivity contribution in [1.82, 2.24) is 0 Å². The molecular formula is C12H20Ar3O4. The summed E-state index contributed by atoms with van der Waals surface area (Å²) in [7, 11) is 3.41. The fraction of sp³-hybridized carbons (Fsp3) is 1.00. The van der Waals surface area contributed by atoms with Gasteiger partial charge in [0, 0.05) is 127 Å². The Labute approximate surface area is 205 Å². The van der Waals surface area contributed by atoms with Crippen molar-refractivity contribution in [3.05, 3.63) is 0 Å². The van der Waals surface area contributed by atoms with Crippen LogP contribution in [0.1, 0.15) is 13.8 Å². The van der Waals surface area contributed by atoms with Crippen LogP contribution in [0.2, 0.25) is 0 Å². The molecule has 0 aromatic carbocycles. The fourth-order valence-corrected chi connectivity index (χ4v) is 3.27. The van der Waals surface area contributed by atoms with Gasteiger partial charge >= 0.3 is 0 Å². The Morgan fingerprint density at radius 1 is 0.632 bits per heavy atom. The maximum Gasteiger partial charge on any atom is 0.116 e. The van der Waals surface area contributed by atoms with Crippen molar-refractivity contribution >= 4 is 0 Å². The molecule has 3 aliphatic rings. The van der Waals surface area contributed by atoms with Gasteiger partial charge in [0.05, 0.1) is 12.2 Å². The quantitative estimate of drug-likeness (QED) is 0.741. The van der Waals surface area contributed by atoms with E-state index in [1.807, 2.05) is 0 Å². The van der Waals surface area contributed by atoms with Gasteiger partial charge in [-0.3, -0.25) is 0 Å². The van der Waals surface area contributed by atoms with Crippen LogP contribution < -0.4 is 0 Å². The summed E-state index contributed by atoms with van der Waals surface area (Å²) < 4.78 is 22.9. The van der Waals surface area contributed by atoms with Crippen LogP contribution in [0.5, 0.6) is 0 Å². The Morgan fingerprint density at radius 2 is 0.947 bits per heavy atom. The number of hydrogen-bond donors (Lipinski definition) is 0. The molecule has 8 atom stereocenters. The summed E-state index contributed by atoms with van der Waals surface area (Å²) in [5, 5.41) is 0. The van der Waals surface area contributed by atoms with Crippen molar-refractivity contribution in [2.75, 3.05) is 14.2 Å². The molecule has 0 radical (unpaired) electrons. The maximum absolute atomic E-state index is 6.07. The summed E-state index contributed by atoms with van der Waals surface area (Å²) in [4.78, 5) is 0. The van der Waals surface area contributed by atoms with E-state index in [1.54, 1.807) is 14.2 Å². The minimum atomic E-state index is 0. The summed E-state index contributed by atoms with van der Waals surface area (Å²) in [6, 6.07) is 0. The average Bonchev–Trinajstić information content (AvgIpc) is 2.30. The Kier molecular flexibility index (Phi) is 10.9. The molecule has 3 rings (SSSR count). The fourth-order valence-electron chi connectivity index (χ4n) is 3.27. The van der Waals surface area contributed by atoms with Gasteiger partial charge in [0.15, 0.2) is 0 Å². The number of rotatable bonds is 2. The average molecular weight is 348 g/mol. The molecule has 7 heteroatoms. The van der Waals surface area contributed by atoms with Crippen molar-refractivity contribution in [1.29, 1.82) is 0 Å². The number of ether oxygens (including phenoxy) is 4. The Morgan fingerprint density at radius 3 is 1.21 bits per heavy atom. The smallest absolute Gasteiger partial charge is 0.116 e. The van der Waals surface area contributed by atoms with Gasteiger partial charge in [-0.2, -0.15) is 0 Å². The molecular weight excluding hydrogens is 328 g/mol. The molecule has 1 aliphatic heterocycles. The summed E-state index contributed by atoms with van der Waals surface area (Å²) in [5.41, 5.74) is 0. The second-order valence-corrected chi connectivity index (χ2v) is 5.25. The molecule has 3 fully saturated rings. The molecule has 1 saturated heterocycles. The van der Waals surface area contributed by atoms with Gasteiger partial charge in [-0.15, -0.1) is 0 Å². The molecule has 0 aromatic rings. The van der Waals surface area contributed by atoms with Crippen LogP contribution in [0, 0.1) is 125 Å². The molecule has 19 heavy (non-hydrogen) atoms. The van der Waals surface area contributed by atoms with Crippen molar-refractivity contribution in [3.8, 4) is 0 Å². The van der Waals surface area contributed by atoms with Gasteiger partial charge in [0.2, 0.25) is 0 Å². The first-order chi connectivity index (χ1) is 7.69. The van der Waals surface area contributed by atoms with Crippen molar-refractivity contribution in [3.63, 3.8) is 0 Å². The molecule has 2 aliphatic carbocycles. The zero-order valence-electron chi connectivity index (χ0n) is 11.3. The number of fused-ring (bicyclic) bond motifs is 2. The van der Waals surface area contributed by atoms with Gasteiger partial charge in [-0.25, -0.2) is 0 Å². The van der Waals surface area contributed by atoms with Gasteiger partial charge in [-0.1, -0.05) is 13.8 Å². The summed E-state index contributed by atoms with van der Waals surface area (Å²) in [5.74, 6) is 1.18. The van der Waals surface area contributed by atoms with Crippen LogP contribution in [0.25, 0.3) is 0 Å². The molecule has 0 N–H and O–H groups in total. The van der Waals surface area contributed by atoms with Crippen LogP contribution >= 0.6 is 0 Å². The van der Waals surface area contributed by atoms with Crippen LogP contribution in [-0.2, 0) is 18.9 Å². The van der Waals surface area contributed by atoms with Gasteiger partial charge < -0.3 is 18.9 Å².